The maximum absolute atomic E-state index is 9.05. The van der Waals surface area contributed by atoms with Crippen LogP contribution in [0.1, 0.15) is 24.0 Å². The predicted molar refractivity (Wildman–Crippen MR) is 91.0 cm³/mol. The minimum Gasteiger partial charge on any atom is -0.395 e. The highest BCUT2D eigenvalue weighted by molar-refractivity contribution is 5.55. The standard InChI is InChI=1S/C20H21NO/c22-13-12-21-20-7-3-6-16-18-9-8-14-4-1-2-5-15(14)17(18)10-11-19(16)20/h3-4,6-9,11,21-22H,1-2,5,10,12-13H2. The number of aliphatic hydroxyl groups is 1. The minimum absolute atomic E-state index is 0.156. The van der Waals surface area contributed by atoms with E-state index in [4.69, 9.17) is 5.11 Å². The summed E-state index contributed by atoms with van der Waals surface area (Å²) in [7, 11) is 0. The van der Waals surface area contributed by atoms with Crippen molar-refractivity contribution in [3.05, 3.63) is 62.3 Å². The zero-order valence-electron chi connectivity index (χ0n) is 12.7. The average Bonchev–Trinajstić information content (AvgIpc) is 2.59. The van der Waals surface area contributed by atoms with Gasteiger partial charge in [-0.1, -0.05) is 36.4 Å². The molecule has 0 atom stereocenters. The highest BCUT2D eigenvalue weighted by Crippen LogP contribution is 2.18. The largest absolute Gasteiger partial charge is 0.395 e. The van der Waals surface area contributed by atoms with Crippen LogP contribution >= 0.6 is 0 Å². The van der Waals surface area contributed by atoms with Gasteiger partial charge in [0, 0.05) is 17.5 Å². The third-order valence-electron chi connectivity index (χ3n) is 4.80. The van der Waals surface area contributed by atoms with Gasteiger partial charge in [-0.2, -0.15) is 0 Å². The van der Waals surface area contributed by atoms with Crippen LogP contribution in [-0.4, -0.2) is 18.3 Å². The van der Waals surface area contributed by atoms with E-state index in [1.807, 2.05) is 0 Å². The summed E-state index contributed by atoms with van der Waals surface area (Å²) in [5.41, 5.74) is 4.20. The lowest BCUT2D eigenvalue weighted by molar-refractivity contribution is 0.311. The van der Waals surface area contributed by atoms with Crippen molar-refractivity contribution < 1.29 is 5.11 Å². The maximum Gasteiger partial charge on any atom is 0.0604 e. The Kier molecular flexibility index (Phi) is 3.47. The molecule has 2 aromatic carbocycles. The van der Waals surface area contributed by atoms with Gasteiger partial charge in [-0.3, -0.25) is 0 Å². The molecule has 0 bridgehead atoms. The van der Waals surface area contributed by atoms with E-state index in [1.165, 1.54) is 45.7 Å². The Labute approximate surface area is 130 Å². The first-order chi connectivity index (χ1) is 10.9. The summed E-state index contributed by atoms with van der Waals surface area (Å²) in [5.74, 6) is 0. The fraction of sp³-hybridized carbons (Fsp3) is 0.300. The number of rotatable bonds is 3. The SMILES string of the molecule is OCCNc1cccc2c1=CCc1c3c(ccc1=2)=CCCC3. The van der Waals surface area contributed by atoms with E-state index in [0.717, 1.165) is 12.1 Å². The minimum atomic E-state index is 0.156. The Hall–Kier alpha value is -2.06. The van der Waals surface area contributed by atoms with E-state index >= 15 is 0 Å². The smallest absolute Gasteiger partial charge is 0.0604 e. The van der Waals surface area contributed by atoms with Crippen molar-refractivity contribution >= 4 is 17.8 Å². The number of hydrogen-bond donors (Lipinski definition) is 2. The second-order valence-electron chi connectivity index (χ2n) is 6.08. The first-order valence-electron chi connectivity index (χ1n) is 8.18. The van der Waals surface area contributed by atoms with E-state index in [2.05, 4.69) is 47.8 Å². The third kappa shape index (κ3) is 2.15. The van der Waals surface area contributed by atoms with Gasteiger partial charge in [0.05, 0.1) is 6.61 Å². The summed E-state index contributed by atoms with van der Waals surface area (Å²) in [6.45, 7) is 0.750. The number of anilines is 1. The van der Waals surface area contributed by atoms with Gasteiger partial charge >= 0.3 is 0 Å². The maximum atomic E-state index is 9.05. The van der Waals surface area contributed by atoms with Crippen LogP contribution in [0.2, 0.25) is 0 Å². The van der Waals surface area contributed by atoms with Crippen molar-refractivity contribution in [2.45, 2.75) is 25.7 Å². The van der Waals surface area contributed by atoms with Gasteiger partial charge in [0.1, 0.15) is 0 Å². The lowest BCUT2D eigenvalue weighted by Gasteiger charge is -2.17. The summed E-state index contributed by atoms with van der Waals surface area (Å²) in [6, 6.07) is 11.0. The molecular formula is C20H21NO. The summed E-state index contributed by atoms with van der Waals surface area (Å²) < 4.78 is 0. The molecule has 2 nitrogen and oxygen atoms in total. The van der Waals surface area contributed by atoms with Gasteiger partial charge < -0.3 is 10.4 Å². The van der Waals surface area contributed by atoms with Gasteiger partial charge in [-0.05, 0) is 58.5 Å². The van der Waals surface area contributed by atoms with Crippen LogP contribution in [0.3, 0.4) is 0 Å². The molecule has 2 aliphatic rings. The molecule has 0 heterocycles. The van der Waals surface area contributed by atoms with Gasteiger partial charge in [0.25, 0.3) is 0 Å². The van der Waals surface area contributed by atoms with Crippen LogP contribution in [-0.2, 0) is 12.8 Å². The Morgan fingerprint density at radius 3 is 2.86 bits per heavy atom. The van der Waals surface area contributed by atoms with Crippen LogP contribution in [0.4, 0.5) is 5.69 Å². The zero-order chi connectivity index (χ0) is 14.9. The predicted octanol–water partition coefficient (Wildman–Crippen LogP) is 1.83. The van der Waals surface area contributed by atoms with E-state index in [9.17, 15) is 0 Å². The molecule has 0 fully saturated rings. The number of benzene rings is 2. The topological polar surface area (TPSA) is 32.3 Å². The first kappa shape index (κ1) is 13.6. The van der Waals surface area contributed by atoms with Crippen molar-refractivity contribution in [1.82, 2.24) is 0 Å². The lowest BCUT2D eigenvalue weighted by atomic mass is 9.89. The molecule has 0 aliphatic heterocycles. The van der Waals surface area contributed by atoms with Crippen molar-refractivity contribution in [3.63, 3.8) is 0 Å². The highest BCUT2D eigenvalue weighted by Gasteiger charge is 2.12. The van der Waals surface area contributed by atoms with Gasteiger partial charge in [-0.25, -0.2) is 0 Å². The van der Waals surface area contributed by atoms with Crippen molar-refractivity contribution in [2.24, 2.45) is 0 Å². The van der Waals surface area contributed by atoms with Crippen molar-refractivity contribution in [1.29, 1.82) is 0 Å². The van der Waals surface area contributed by atoms with E-state index in [1.54, 1.807) is 5.56 Å². The van der Waals surface area contributed by atoms with E-state index in [-0.39, 0.29) is 6.61 Å². The molecule has 0 amide bonds. The Bertz CT molecular complexity index is 927. The second kappa shape index (κ2) is 5.62. The number of hydrogen-bond acceptors (Lipinski definition) is 2. The van der Waals surface area contributed by atoms with E-state index < -0.39 is 0 Å². The van der Waals surface area contributed by atoms with Crippen molar-refractivity contribution in [3.8, 4) is 0 Å². The number of aliphatic hydroxyl groups excluding tert-OH is 1. The molecule has 0 spiro atoms. The van der Waals surface area contributed by atoms with Crippen LogP contribution in [0.25, 0.3) is 12.2 Å². The molecule has 22 heavy (non-hydrogen) atoms. The molecule has 0 radical (unpaired) electrons. The van der Waals surface area contributed by atoms with E-state index in [0.29, 0.717) is 6.54 Å². The average molecular weight is 291 g/mol. The fourth-order valence-corrected chi connectivity index (χ4v) is 3.79. The van der Waals surface area contributed by atoms with Gasteiger partial charge in [0.15, 0.2) is 0 Å². The monoisotopic (exact) mass is 291 g/mol. The Balaban J connectivity index is 2.03. The summed E-state index contributed by atoms with van der Waals surface area (Å²) in [6.07, 6.45) is 9.42. The quantitative estimate of drug-likeness (QED) is 0.904. The highest BCUT2D eigenvalue weighted by atomic mass is 16.3. The molecule has 0 aromatic heterocycles. The summed E-state index contributed by atoms with van der Waals surface area (Å²) in [4.78, 5) is 0. The Morgan fingerprint density at radius 2 is 1.95 bits per heavy atom. The number of fused-ring (bicyclic) bond motifs is 4. The molecule has 2 heteroatoms. The molecule has 4 rings (SSSR count). The van der Waals surface area contributed by atoms with Crippen LogP contribution in [0, 0.1) is 10.4 Å². The summed E-state index contributed by atoms with van der Waals surface area (Å²) in [5, 5.41) is 17.8. The molecule has 2 N–H and O–H groups in total. The third-order valence-corrected chi connectivity index (χ3v) is 4.80. The van der Waals surface area contributed by atoms with Crippen LogP contribution in [0.5, 0.6) is 0 Å². The summed E-state index contributed by atoms with van der Waals surface area (Å²) >= 11 is 0. The molecule has 2 aliphatic carbocycles. The molecule has 2 aromatic rings. The molecule has 0 saturated heterocycles. The molecule has 0 unspecified atom stereocenters. The molecule has 112 valence electrons. The normalized spacial score (nSPS) is 15.0. The van der Waals surface area contributed by atoms with Crippen LogP contribution < -0.4 is 15.8 Å². The van der Waals surface area contributed by atoms with Crippen molar-refractivity contribution in [2.75, 3.05) is 18.5 Å². The number of nitrogens with one attached hydrogen (secondary N) is 1. The second-order valence-corrected chi connectivity index (χ2v) is 6.08. The zero-order valence-corrected chi connectivity index (χ0v) is 12.7. The Morgan fingerprint density at radius 1 is 1.00 bits per heavy atom. The van der Waals surface area contributed by atoms with Gasteiger partial charge in [0.2, 0.25) is 0 Å². The lowest BCUT2D eigenvalue weighted by Crippen LogP contribution is -2.22. The fourth-order valence-electron chi connectivity index (χ4n) is 3.79. The van der Waals surface area contributed by atoms with Crippen LogP contribution in [0.15, 0.2) is 30.3 Å². The molecule has 0 saturated carbocycles. The first-order valence-corrected chi connectivity index (χ1v) is 8.18. The molecular weight excluding hydrogens is 270 g/mol. The van der Waals surface area contributed by atoms with Gasteiger partial charge in [-0.15, -0.1) is 0 Å².